The Kier molecular flexibility index (Phi) is 7.22. The van der Waals surface area contributed by atoms with E-state index in [0.29, 0.717) is 6.42 Å². The lowest BCUT2D eigenvalue weighted by Crippen LogP contribution is -2.43. The van der Waals surface area contributed by atoms with Crippen molar-refractivity contribution in [1.82, 2.24) is 5.32 Å². The Balaban J connectivity index is 1.98. The van der Waals surface area contributed by atoms with E-state index in [2.05, 4.69) is 5.32 Å². The molecular formula is C19H17ClN2O6. The zero-order valence-corrected chi connectivity index (χ0v) is 15.6. The van der Waals surface area contributed by atoms with Crippen molar-refractivity contribution in [1.29, 1.82) is 0 Å². The number of carbonyl (C=O) groups excluding carboxylic acids is 3. The van der Waals surface area contributed by atoms with Gasteiger partial charge in [0.25, 0.3) is 11.6 Å². The highest BCUT2D eigenvalue weighted by molar-refractivity contribution is 6.31. The fourth-order valence-corrected chi connectivity index (χ4v) is 2.59. The van der Waals surface area contributed by atoms with Crippen molar-refractivity contribution < 1.29 is 24.0 Å². The Morgan fingerprint density at radius 1 is 1.18 bits per heavy atom. The Bertz CT molecular complexity index is 901. The first-order valence-electron chi connectivity index (χ1n) is 8.22. The first-order chi connectivity index (χ1) is 13.3. The van der Waals surface area contributed by atoms with E-state index in [0.717, 1.165) is 17.7 Å². The van der Waals surface area contributed by atoms with Gasteiger partial charge in [0.05, 0.1) is 11.0 Å². The summed E-state index contributed by atoms with van der Waals surface area (Å²) in [6.07, 6.45) is 0.290. The van der Waals surface area contributed by atoms with Crippen LogP contribution in [0.2, 0.25) is 5.02 Å². The highest BCUT2D eigenvalue weighted by Crippen LogP contribution is 2.23. The summed E-state index contributed by atoms with van der Waals surface area (Å²) in [5.74, 6) is -1.99. The fourth-order valence-electron chi connectivity index (χ4n) is 2.42. The number of hydrogen-bond acceptors (Lipinski definition) is 6. The van der Waals surface area contributed by atoms with Crippen LogP contribution in [0, 0.1) is 10.1 Å². The highest BCUT2D eigenvalue weighted by Gasteiger charge is 2.23. The number of rotatable bonds is 8. The van der Waals surface area contributed by atoms with Crippen molar-refractivity contribution in [2.45, 2.75) is 19.4 Å². The molecule has 146 valence electrons. The van der Waals surface area contributed by atoms with Gasteiger partial charge in [0.1, 0.15) is 5.56 Å². The van der Waals surface area contributed by atoms with Crippen LogP contribution in [0.4, 0.5) is 5.69 Å². The number of nitrogens with one attached hydrogen (secondary N) is 1. The second kappa shape index (κ2) is 9.61. The van der Waals surface area contributed by atoms with Crippen molar-refractivity contribution in [3.63, 3.8) is 0 Å². The summed E-state index contributed by atoms with van der Waals surface area (Å²) in [5, 5.41) is 13.6. The number of ketones is 1. The van der Waals surface area contributed by atoms with Gasteiger partial charge in [-0.15, -0.1) is 0 Å². The summed E-state index contributed by atoms with van der Waals surface area (Å²) < 4.78 is 4.84. The van der Waals surface area contributed by atoms with Gasteiger partial charge in [-0.05, 0) is 31.0 Å². The Labute approximate surface area is 165 Å². The van der Waals surface area contributed by atoms with Crippen LogP contribution in [-0.4, -0.2) is 35.2 Å². The van der Waals surface area contributed by atoms with Crippen LogP contribution >= 0.6 is 11.6 Å². The largest absolute Gasteiger partial charge is 0.452 e. The molecule has 28 heavy (non-hydrogen) atoms. The number of Topliss-reactive ketones (excluding diaryl/α,β-unsaturated/α-hetero) is 1. The molecule has 2 rings (SSSR count). The summed E-state index contributed by atoms with van der Waals surface area (Å²) in [4.78, 5) is 46.2. The minimum atomic E-state index is -1.04. The Hall–Kier alpha value is -3.26. The summed E-state index contributed by atoms with van der Waals surface area (Å²) in [6, 6.07) is 11.8. The van der Waals surface area contributed by atoms with E-state index >= 15 is 0 Å². The van der Waals surface area contributed by atoms with Gasteiger partial charge in [0.15, 0.2) is 12.4 Å². The van der Waals surface area contributed by atoms with Crippen molar-refractivity contribution >= 4 is 34.9 Å². The van der Waals surface area contributed by atoms with E-state index in [1.807, 2.05) is 30.3 Å². The number of nitro groups is 1. The maximum atomic E-state index is 12.1. The predicted molar refractivity (Wildman–Crippen MR) is 101 cm³/mol. The van der Waals surface area contributed by atoms with Crippen LogP contribution in [0.25, 0.3) is 0 Å². The summed E-state index contributed by atoms with van der Waals surface area (Å²) in [7, 11) is 0. The molecule has 0 saturated heterocycles. The zero-order valence-electron chi connectivity index (χ0n) is 14.9. The van der Waals surface area contributed by atoms with Gasteiger partial charge in [-0.1, -0.05) is 41.9 Å². The van der Waals surface area contributed by atoms with Crippen LogP contribution in [0.3, 0.4) is 0 Å². The maximum Gasteiger partial charge on any atom is 0.345 e. The number of halogens is 1. The number of nitro benzene ring substituents is 1. The van der Waals surface area contributed by atoms with Crippen LogP contribution in [0.15, 0.2) is 48.5 Å². The van der Waals surface area contributed by atoms with Gasteiger partial charge in [-0.2, -0.15) is 0 Å². The molecule has 2 aromatic rings. The van der Waals surface area contributed by atoms with Gasteiger partial charge in [-0.25, -0.2) is 4.79 Å². The molecule has 0 radical (unpaired) electrons. The first-order valence-corrected chi connectivity index (χ1v) is 8.60. The number of carbonyl (C=O) groups is 3. The van der Waals surface area contributed by atoms with E-state index in [1.54, 1.807) is 0 Å². The third-order valence-electron chi connectivity index (χ3n) is 3.82. The molecule has 0 bridgehead atoms. The van der Waals surface area contributed by atoms with Crippen LogP contribution in [-0.2, 0) is 20.7 Å². The third-order valence-corrected chi connectivity index (χ3v) is 4.05. The lowest BCUT2D eigenvalue weighted by molar-refractivity contribution is -0.385. The molecule has 0 unspecified atom stereocenters. The Morgan fingerprint density at radius 2 is 1.86 bits per heavy atom. The monoisotopic (exact) mass is 404 g/mol. The molecule has 1 atom stereocenters. The fraction of sp³-hybridized carbons (Fsp3) is 0.211. The smallest absolute Gasteiger partial charge is 0.345 e. The van der Waals surface area contributed by atoms with Crippen molar-refractivity contribution in [2.75, 3.05) is 6.61 Å². The number of nitrogens with zero attached hydrogens (tertiary/aromatic N) is 1. The van der Waals surface area contributed by atoms with E-state index in [9.17, 15) is 24.5 Å². The first kappa shape index (κ1) is 21.0. The molecule has 0 aliphatic carbocycles. The predicted octanol–water partition coefficient (Wildman–Crippen LogP) is 2.72. The molecule has 2 aromatic carbocycles. The SMILES string of the molecule is CC(=O)[C@@H](Cc1ccccc1)NC(=O)COC(=O)c1ccc(Cl)cc1[N+](=O)[O-]. The van der Waals surface area contributed by atoms with E-state index in [-0.39, 0.29) is 16.4 Å². The van der Waals surface area contributed by atoms with Gasteiger partial charge in [-0.3, -0.25) is 19.7 Å². The lowest BCUT2D eigenvalue weighted by Gasteiger charge is -2.16. The molecule has 0 heterocycles. The van der Waals surface area contributed by atoms with Gasteiger partial charge in [0, 0.05) is 11.1 Å². The quantitative estimate of drug-likeness (QED) is 0.411. The minimum Gasteiger partial charge on any atom is -0.452 e. The second-order valence-corrected chi connectivity index (χ2v) is 6.35. The van der Waals surface area contributed by atoms with E-state index in [4.69, 9.17) is 16.3 Å². The molecule has 0 spiro atoms. The summed E-state index contributed by atoms with van der Waals surface area (Å²) >= 11 is 5.69. The molecule has 0 aliphatic rings. The molecule has 8 nitrogen and oxygen atoms in total. The Morgan fingerprint density at radius 3 is 2.46 bits per heavy atom. The van der Waals surface area contributed by atoms with E-state index in [1.165, 1.54) is 13.0 Å². The standard InChI is InChI=1S/C19H17ClN2O6/c1-12(23)16(9-13-5-3-2-4-6-13)21-18(24)11-28-19(25)15-8-7-14(20)10-17(15)22(26)27/h2-8,10,16H,9,11H2,1H3,(H,21,24)/t16-/m1/s1. The lowest BCUT2D eigenvalue weighted by atomic mass is 10.0. The minimum absolute atomic E-state index is 0.0891. The molecule has 1 amide bonds. The second-order valence-electron chi connectivity index (χ2n) is 5.92. The molecule has 0 aliphatic heterocycles. The molecule has 0 saturated carbocycles. The van der Waals surface area contributed by atoms with Crippen molar-refractivity contribution in [3.8, 4) is 0 Å². The van der Waals surface area contributed by atoms with Crippen molar-refractivity contribution in [2.24, 2.45) is 0 Å². The number of esters is 1. The normalized spacial score (nSPS) is 11.4. The molecule has 0 fully saturated rings. The number of hydrogen-bond donors (Lipinski definition) is 1. The molecular weight excluding hydrogens is 388 g/mol. The zero-order chi connectivity index (χ0) is 20.7. The highest BCUT2D eigenvalue weighted by atomic mass is 35.5. The molecule has 0 aromatic heterocycles. The van der Waals surface area contributed by atoms with Gasteiger partial charge in [0.2, 0.25) is 0 Å². The van der Waals surface area contributed by atoms with Gasteiger partial charge < -0.3 is 10.1 Å². The topological polar surface area (TPSA) is 116 Å². The van der Waals surface area contributed by atoms with Crippen LogP contribution in [0.1, 0.15) is 22.8 Å². The van der Waals surface area contributed by atoms with E-state index < -0.39 is 35.1 Å². The number of benzene rings is 2. The van der Waals surface area contributed by atoms with Crippen molar-refractivity contribution in [3.05, 3.63) is 74.8 Å². The average Bonchev–Trinajstić information content (AvgIpc) is 2.66. The van der Waals surface area contributed by atoms with Gasteiger partial charge >= 0.3 is 5.97 Å². The van der Waals surface area contributed by atoms with Crippen LogP contribution < -0.4 is 5.32 Å². The maximum absolute atomic E-state index is 12.1. The molecule has 1 N–H and O–H groups in total. The van der Waals surface area contributed by atoms with Crippen LogP contribution in [0.5, 0.6) is 0 Å². The molecule has 9 heteroatoms. The number of ether oxygens (including phenoxy) is 1. The third kappa shape index (κ3) is 5.88. The average molecular weight is 405 g/mol. The summed E-state index contributed by atoms with van der Waals surface area (Å²) in [6.45, 7) is 0.661. The summed E-state index contributed by atoms with van der Waals surface area (Å²) in [5.41, 5.74) is 0.00925. The number of amides is 1.